The fourth-order valence-electron chi connectivity index (χ4n) is 2.87. The summed E-state index contributed by atoms with van der Waals surface area (Å²) >= 11 is 0. The van der Waals surface area contributed by atoms with Gasteiger partial charge in [-0.25, -0.2) is 0 Å². The molecule has 0 atom stereocenters. The maximum Gasteiger partial charge on any atom is 0.122 e. The van der Waals surface area contributed by atoms with Gasteiger partial charge in [-0.3, -0.25) is 0 Å². The molecule has 2 heteroatoms. The molecular formula is C20H26O2. The van der Waals surface area contributed by atoms with Crippen LogP contribution in [-0.4, -0.2) is 14.2 Å². The topological polar surface area (TPSA) is 18.5 Å². The van der Waals surface area contributed by atoms with Crippen molar-refractivity contribution in [2.45, 2.75) is 40.5 Å². The molecule has 0 bridgehead atoms. The van der Waals surface area contributed by atoms with Crippen molar-refractivity contribution in [1.29, 1.82) is 0 Å². The lowest BCUT2D eigenvalue weighted by Crippen LogP contribution is -2.00. The molecule has 0 fully saturated rings. The molecule has 118 valence electrons. The predicted molar refractivity (Wildman–Crippen MR) is 92.3 cm³/mol. The Morgan fingerprint density at radius 2 is 1.18 bits per heavy atom. The number of aryl methyl sites for hydroxylation is 6. The molecule has 0 radical (unpaired) electrons. The summed E-state index contributed by atoms with van der Waals surface area (Å²) < 4.78 is 11.0. The van der Waals surface area contributed by atoms with E-state index in [1.807, 2.05) is 6.92 Å². The number of ether oxygens (including phenoxy) is 2. The molecule has 0 saturated heterocycles. The van der Waals surface area contributed by atoms with Crippen LogP contribution < -0.4 is 9.47 Å². The first kappa shape index (κ1) is 16.4. The fraction of sp³-hybridized carbons (Fsp3) is 0.400. The second-order valence-electron chi connectivity index (χ2n) is 6.00. The van der Waals surface area contributed by atoms with Crippen LogP contribution in [0.25, 0.3) is 0 Å². The Kier molecular flexibility index (Phi) is 5.12. The van der Waals surface area contributed by atoms with Gasteiger partial charge in [0, 0.05) is 0 Å². The highest BCUT2D eigenvalue weighted by molar-refractivity contribution is 5.46. The molecule has 0 aromatic heterocycles. The smallest absolute Gasteiger partial charge is 0.122 e. The third kappa shape index (κ3) is 3.44. The lowest BCUT2D eigenvalue weighted by atomic mass is 9.95. The van der Waals surface area contributed by atoms with Gasteiger partial charge >= 0.3 is 0 Å². The molecule has 0 aliphatic heterocycles. The van der Waals surface area contributed by atoms with Crippen LogP contribution in [0.3, 0.4) is 0 Å². The zero-order valence-electron chi connectivity index (χ0n) is 14.5. The van der Waals surface area contributed by atoms with E-state index in [9.17, 15) is 0 Å². The molecule has 0 N–H and O–H groups in total. The van der Waals surface area contributed by atoms with Crippen LogP contribution in [-0.2, 0) is 12.8 Å². The standard InChI is InChI=1S/C20H26O2/c1-13-9-15(3)17(10-14(13)2)7-8-18-12-19(21-5)16(4)11-20(18)22-6/h9-12H,7-8H2,1-6H3. The highest BCUT2D eigenvalue weighted by Gasteiger charge is 2.10. The molecular weight excluding hydrogens is 272 g/mol. The second kappa shape index (κ2) is 6.87. The Bertz CT molecular complexity index is 672. The SMILES string of the molecule is COc1cc(CCc2cc(C)c(C)cc2C)c(OC)cc1C. The summed E-state index contributed by atoms with van der Waals surface area (Å²) in [7, 11) is 3.44. The van der Waals surface area contributed by atoms with E-state index in [1.165, 1.54) is 27.8 Å². The summed E-state index contributed by atoms with van der Waals surface area (Å²) in [5.74, 6) is 1.87. The Hall–Kier alpha value is -1.96. The first-order valence-electron chi connectivity index (χ1n) is 7.74. The Balaban J connectivity index is 2.26. The molecule has 0 amide bonds. The first-order valence-corrected chi connectivity index (χ1v) is 7.74. The van der Waals surface area contributed by atoms with E-state index in [-0.39, 0.29) is 0 Å². The van der Waals surface area contributed by atoms with Crippen molar-refractivity contribution < 1.29 is 9.47 Å². The number of hydrogen-bond donors (Lipinski definition) is 0. The molecule has 0 heterocycles. The fourth-order valence-corrected chi connectivity index (χ4v) is 2.87. The minimum Gasteiger partial charge on any atom is -0.496 e. The van der Waals surface area contributed by atoms with Crippen molar-refractivity contribution in [1.82, 2.24) is 0 Å². The molecule has 2 aromatic carbocycles. The molecule has 0 unspecified atom stereocenters. The zero-order chi connectivity index (χ0) is 16.3. The highest BCUT2D eigenvalue weighted by Crippen LogP contribution is 2.29. The van der Waals surface area contributed by atoms with E-state index < -0.39 is 0 Å². The Morgan fingerprint density at radius 1 is 0.591 bits per heavy atom. The molecule has 2 rings (SSSR count). The lowest BCUT2D eigenvalue weighted by molar-refractivity contribution is 0.396. The summed E-state index contributed by atoms with van der Waals surface area (Å²) in [5.41, 5.74) is 7.78. The van der Waals surface area contributed by atoms with Gasteiger partial charge in [0.25, 0.3) is 0 Å². The largest absolute Gasteiger partial charge is 0.496 e. The van der Waals surface area contributed by atoms with Crippen LogP contribution in [0.1, 0.15) is 33.4 Å². The average Bonchev–Trinajstić information content (AvgIpc) is 2.50. The first-order chi connectivity index (χ1) is 10.5. The highest BCUT2D eigenvalue weighted by atomic mass is 16.5. The van der Waals surface area contributed by atoms with Gasteiger partial charge in [0.1, 0.15) is 11.5 Å². The summed E-state index contributed by atoms with van der Waals surface area (Å²) in [5, 5.41) is 0. The van der Waals surface area contributed by atoms with E-state index in [2.05, 4.69) is 45.0 Å². The van der Waals surface area contributed by atoms with Crippen molar-refractivity contribution in [3.8, 4) is 11.5 Å². The molecule has 0 aliphatic rings. The van der Waals surface area contributed by atoms with Gasteiger partial charge in [-0.1, -0.05) is 12.1 Å². The quantitative estimate of drug-likeness (QED) is 0.795. The summed E-state index contributed by atoms with van der Waals surface area (Å²) in [6.45, 7) is 8.57. The zero-order valence-corrected chi connectivity index (χ0v) is 14.5. The van der Waals surface area contributed by atoms with Crippen molar-refractivity contribution in [3.63, 3.8) is 0 Å². The van der Waals surface area contributed by atoms with Crippen LogP contribution in [0, 0.1) is 27.7 Å². The van der Waals surface area contributed by atoms with Gasteiger partial charge in [-0.15, -0.1) is 0 Å². The number of hydrogen-bond acceptors (Lipinski definition) is 2. The molecule has 2 nitrogen and oxygen atoms in total. The van der Waals surface area contributed by atoms with Gasteiger partial charge in [0.2, 0.25) is 0 Å². The molecule has 22 heavy (non-hydrogen) atoms. The van der Waals surface area contributed by atoms with E-state index in [0.29, 0.717) is 0 Å². The summed E-state index contributed by atoms with van der Waals surface area (Å²) in [6, 6.07) is 8.74. The molecule has 0 aliphatic carbocycles. The normalized spacial score (nSPS) is 10.6. The number of methoxy groups -OCH3 is 2. The van der Waals surface area contributed by atoms with Crippen LogP contribution in [0.15, 0.2) is 24.3 Å². The Morgan fingerprint density at radius 3 is 1.82 bits per heavy atom. The monoisotopic (exact) mass is 298 g/mol. The van der Waals surface area contributed by atoms with E-state index in [4.69, 9.17) is 9.47 Å². The van der Waals surface area contributed by atoms with E-state index >= 15 is 0 Å². The third-order valence-corrected chi connectivity index (χ3v) is 4.41. The summed E-state index contributed by atoms with van der Waals surface area (Å²) in [6.07, 6.45) is 1.96. The molecule has 2 aromatic rings. The van der Waals surface area contributed by atoms with Gasteiger partial charge in [-0.2, -0.15) is 0 Å². The van der Waals surface area contributed by atoms with Crippen LogP contribution in [0.2, 0.25) is 0 Å². The van der Waals surface area contributed by atoms with Crippen molar-refractivity contribution in [2.24, 2.45) is 0 Å². The van der Waals surface area contributed by atoms with Gasteiger partial charge in [0.05, 0.1) is 14.2 Å². The second-order valence-corrected chi connectivity index (χ2v) is 6.00. The van der Waals surface area contributed by atoms with Crippen LogP contribution in [0.4, 0.5) is 0 Å². The molecule has 0 spiro atoms. The molecule has 0 saturated carbocycles. The van der Waals surface area contributed by atoms with Crippen LogP contribution >= 0.6 is 0 Å². The third-order valence-electron chi connectivity index (χ3n) is 4.41. The number of rotatable bonds is 5. The predicted octanol–water partition coefficient (Wildman–Crippen LogP) is 4.72. The maximum atomic E-state index is 5.53. The summed E-state index contributed by atoms with van der Waals surface area (Å²) in [4.78, 5) is 0. The minimum atomic E-state index is 0.924. The van der Waals surface area contributed by atoms with Crippen molar-refractivity contribution in [3.05, 3.63) is 57.6 Å². The van der Waals surface area contributed by atoms with Crippen LogP contribution in [0.5, 0.6) is 11.5 Å². The maximum absolute atomic E-state index is 5.53. The van der Waals surface area contributed by atoms with E-state index in [0.717, 1.165) is 29.9 Å². The minimum absolute atomic E-state index is 0.924. The van der Waals surface area contributed by atoms with Gasteiger partial charge in [-0.05, 0) is 86.1 Å². The lowest BCUT2D eigenvalue weighted by Gasteiger charge is -2.14. The number of benzene rings is 2. The van der Waals surface area contributed by atoms with Gasteiger partial charge in [0.15, 0.2) is 0 Å². The van der Waals surface area contributed by atoms with E-state index in [1.54, 1.807) is 14.2 Å². The van der Waals surface area contributed by atoms with Gasteiger partial charge < -0.3 is 9.47 Å². The van der Waals surface area contributed by atoms with Crippen molar-refractivity contribution >= 4 is 0 Å². The van der Waals surface area contributed by atoms with Crippen molar-refractivity contribution in [2.75, 3.05) is 14.2 Å². The average molecular weight is 298 g/mol. The Labute approximate surface area is 134 Å².